The van der Waals surface area contributed by atoms with Gasteiger partial charge in [0.05, 0.1) is 13.2 Å². The third-order valence-corrected chi connectivity index (χ3v) is 1.98. The molecule has 0 fully saturated rings. The van der Waals surface area contributed by atoms with Gasteiger partial charge in [0.2, 0.25) is 0 Å². The molecule has 0 saturated heterocycles. The summed E-state index contributed by atoms with van der Waals surface area (Å²) in [6.45, 7) is 6.48. The van der Waals surface area contributed by atoms with Gasteiger partial charge in [-0.1, -0.05) is 0 Å². The number of hydrogen-bond donors (Lipinski definition) is 1. The van der Waals surface area contributed by atoms with E-state index in [0.717, 1.165) is 13.0 Å². The monoisotopic (exact) mass is 175 g/mol. The normalized spacial score (nSPS) is 12.0. The molecule has 12 heavy (non-hydrogen) atoms. The highest BCUT2D eigenvalue weighted by atomic mass is 16.5. The average molecular weight is 175 g/mol. The van der Waals surface area contributed by atoms with Gasteiger partial charge in [0, 0.05) is 19.3 Å². The van der Waals surface area contributed by atoms with Crippen molar-refractivity contribution in [3.8, 4) is 0 Å². The Labute approximate surface area is 75.4 Å². The number of methoxy groups -OCH3 is 1. The molecular formula is C9H21NO2. The standard InChI is InChI=1S/C9H21NO2/c1-9(2,10-3)5-6-12-8-7-11-4/h10H,5-8H2,1-4H3. The third kappa shape index (κ3) is 6.58. The van der Waals surface area contributed by atoms with Gasteiger partial charge in [0.15, 0.2) is 0 Å². The second-order valence-electron chi connectivity index (χ2n) is 3.49. The number of nitrogens with one attached hydrogen (secondary N) is 1. The van der Waals surface area contributed by atoms with Crippen molar-refractivity contribution >= 4 is 0 Å². The first kappa shape index (κ1) is 11.9. The van der Waals surface area contributed by atoms with E-state index in [1.807, 2.05) is 7.05 Å². The molecule has 0 heterocycles. The third-order valence-electron chi connectivity index (χ3n) is 1.98. The molecule has 0 amide bonds. The van der Waals surface area contributed by atoms with E-state index in [4.69, 9.17) is 9.47 Å². The van der Waals surface area contributed by atoms with Gasteiger partial charge < -0.3 is 14.8 Å². The number of rotatable bonds is 7. The van der Waals surface area contributed by atoms with Gasteiger partial charge >= 0.3 is 0 Å². The van der Waals surface area contributed by atoms with E-state index in [0.29, 0.717) is 13.2 Å². The maximum atomic E-state index is 5.35. The van der Waals surface area contributed by atoms with Crippen LogP contribution < -0.4 is 5.32 Å². The molecule has 0 aromatic heterocycles. The fraction of sp³-hybridized carbons (Fsp3) is 1.00. The molecule has 0 atom stereocenters. The molecule has 0 aliphatic rings. The summed E-state index contributed by atoms with van der Waals surface area (Å²) >= 11 is 0. The summed E-state index contributed by atoms with van der Waals surface area (Å²) in [6, 6.07) is 0. The highest BCUT2D eigenvalue weighted by molar-refractivity contribution is 4.74. The van der Waals surface area contributed by atoms with Crippen molar-refractivity contribution in [3.05, 3.63) is 0 Å². The first-order valence-corrected chi connectivity index (χ1v) is 4.38. The van der Waals surface area contributed by atoms with E-state index in [1.54, 1.807) is 7.11 Å². The molecule has 0 radical (unpaired) electrons. The molecule has 0 aliphatic carbocycles. The van der Waals surface area contributed by atoms with E-state index in [9.17, 15) is 0 Å². The van der Waals surface area contributed by atoms with Crippen molar-refractivity contribution in [2.24, 2.45) is 0 Å². The quantitative estimate of drug-likeness (QED) is 0.586. The molecule has 1 N–H and O–H groups in total. The Kier molecular flexibility index (Phi) is 6.34. The maximum absolute atomic E-state index is 5.35. The number of hydrogen-bond acceptors (Lipinski definition) is 3. The van der Waals surface area contributed by atoms with Crippen LogP contribution in [-0.2, 0) is 9.47 Å². The molecule has 0 aromatic rings. The van der Waals surface area contributed by atoms with E-state index >= 15 is 0 Å². The zero-order valence-electron chi connectivity index (χ0n) is 8.64. The fourth-order valence-electron chi connectivity index (χ4n) is 0.697. The van der Waals surface area contributed by atoms with Crippen LogP contribution in [0.3, 0.4) is 0 Å². The molecule has 0 bridgehead atoms. The van der Waals surface area contributed by atoms with Crippen LogP contribution in [0.2, 0.25) is 0 Å². The van der Waals surface area contributed by atoms with Gasteiger partial charge in [-0.05, 0) is 27.3 Å². The van der Waals surface area contributed by atoms with Gasteiger partial charge in [-0.15, -0.1) is 0 Å². The predicted molar refractivity (Wildman–Crippen MR) is 50.5 cm³/mol. The summed E-state index contributed by atoms with van der Waals surface area (Å²) in [5.41, 5.74) is 0.174. The first-order valence-electron chi connectivity index (χ1n) is 4.38. The number of ether oxygens (including phenoxy) is 2. The van der Waals surface area contributed by atoms with Gasteiger partial charge in [0.1, 0.15) is 0 Å². The van der Waals surface area contributed by atoms with Crippen LogP contribution >= 0.6 is 0 Å². The van der Waals surface area contributed by atoms with Crippen molar-refractivity contribution in [3.63, 3.8) is 0 Å². The lowest BCUT2D eigenvalue weighted by atomic mass is 10.0. The Morgan fingerprint density at radius 1 is 1.17 bits per heavy atom. The highest BCUT2D eigenvalue weighted by Crippen LogP contribution is 2.06. The van der Waals surface area contributed by atoms with E-state index in [2.05, 4.69) is 19.2 Å². The lowest BCUT2D eigenvalue weighted by molar-refractivity contribution is 0.0612. The summed E-state index contributed by atoms with van der Waals surface area (Å²) < 4.78 is 10.2. The Hall–Kier alpha value is -0.120. The zero-order chi connectivity index (χ0) is 9.45. The fourth-order valence-corrected chi connectivity index (χ4v) is 0.697. The van der Waals surface area contributed by atoms with Gasteiger partial charge in [0.25, 0.3) is 0 Å². The molecular weight excluding hydrogens is 154 g/mol. The van der Waals surface area contributed by atoms with Crippen molar-refractivity contribution in [2.45, 2.75) is 25.8 Å². The maximum Gasteiger partial charge on any atom is 0.0700 e. The molecule has 0 aromatic carbocycles. The molecule has 0 aliphatic heterocycles. The van der Waals surface area contributed by atoms with E-state index < -0.39 is 0 Å². The molecule has 3 heteroatoms. The molecule has 3 nitrogen and oxygen atoms in total. The van der Waals surface area contributed by atoms with Gasteiger partial charge in [-0.3, -0.25) is 0 Å². The molecule has 0 spiro atoms. The molecule has 0 unspecified atom stereocenters. The highest BCUT2D eigenvalue weighted by Gasteiger charge is 2.13. The van der Waals surface area contributed by atoms with Gasteiger partial charge in [-0.25, -0.2) is 0 Å². The first-order chi connectivity index (χ1) is 5.62. The lowest BCUT2D eigenvalue weighted by Crippen LogP contribution is -2.37. The van der Waals surface area contributed by atoms with Crippen LogP contribution in [0, 0.1) is 0 Å². The topological polar surface area (TPSA) is 30.5 Å². The van der Waals surface area contributed by atoms with Crippen molar-refractivity contribution in [1.29, 1.82) is 0 Å². The largest absolute Gasteiger partial charge is 0.382 e. The zero-order valence-corrected chi connectivity index (χ0v) is 8.64. The minimum absolute atomic E-state index is 0.174. The van der Waals surface area contributed by atoms with E-state index in [-0.39, 0.29) is 5.54 Å². The molecule has 0 rings (SSSR count). The second-order valence-corrected chi connectivity index (χ2v) is 3.49. The second kappa shape index (κ2) is 6.40. The SMILES string of the molecule is CNC(C)(C)CCOCCOC. The summed E-state index contributed by atoms with van der Waals surface area (Å²) in [5, 5.41) is 3.22. The minimum Gasteiger partial charge on any atom is -0.382 e. The van der Waals surface area contributed by atoms with Crippen LogP contribution in [-0.4, -0.2) is 39.5 Å². The Bertz CT molecular complexity index is 105. The predicted octanol–water partition coefficient (Wildman–Crippen LogP) is 1.04. The van der Waals surface area contributed by atoms with Crippen LogP contribution in [0.1, 0.15) is 20.3 Å². The lowest BCUT2D eigenvalue weighted by Gasteiger charge is -2.23. The Balaban J connectivity index is 3.19. The van der Waals surface area contributed by atoms with Crippen LogP contribution in [0.4, 0.5) is 0 Å². The molecule has 74 valence electrons. The summed E-state index contributed by atoms with van der Waals surface area (Å²) in [4.78, 5) is 0. The Morgan fingerprint density at radius 3 is 2.33 bits per heavy atom. The van der Waals surface area contributed by atoms with Crippen molar-refractivity contribution in [2.75, 3.05) is 34.0 Å². The average Bonchev–Trinajstić information content (AvgIpc) is 2.04. The molecule has 0 saturated carbocycles. The summed E-state index contributed by atoms with van der Waals surface area (Å²) in [5.74, 6) is 0. The smallest absolute Gasteiger partial charge is 0.0700 e. The van der Waals surface area contributed by atoms with Crippen molar-refractivity contribution in [1.82, 2.24) is 5.32 Å². The van der Waals surface area contributed by atoms with E-state index in [1.165, 1.54) is 0 Å². The summed E-state index contributed by atoms with van der Waals surface area (Å²) in [6.07, 6.45) is 1.02. The van der Waals surface area contributed by atoms with Crippen molar-refractivity contribution < 1.29 is 9.47 Å². The van der Waals surface area contributed by atoms with Crippen LogP contribution in [0.25, 0.3) is 0 Å². The van der Waals surface area contributed by atoms with Crippen LogP contribution in [0.5, 0.6) is 0 Å². The summed E-state index contributed by atoms with van der Waals surface area (Å²) in [7, 11) is 3.65. The van der Waals surface area contributed by atoms with Gasteiger partial charge in [-0.2, -0.15) is 0 Å². The minimum atomic E-state index is 0.174. The Morgan fingerprint density at radius 2 is 1.83 bits per heavy atom. The van der Waals surface area contributed by atoms with Crippen LogP contribution in [0.15, 0.2) is 0 Å².